The quantitative estimate of drug-likeness (QED) is 0.719. The average Bonchev–Trinajstić information content (AvgIpc) is 3.07. The highest BCUT2D eigenvalue weighted by Crippen LogP contribution is 2.35. The molecule has 2 saturated heterocycles. The predicted molar refractivity (Wildman–Crippen MR) is 103 cm³/mol. The molecule has 0 aromatic heterocycles. The number of likely N-dealkylation sites (tertiary alicyclic amines) is 1. The summed E-state index contributed by atoms with van der Waals surface area (Å²) >= 11 is 12.1. The van der Waals surface area contributed by atoms with Crippen molar-refractivity contribution >= 4 is 39.3 Å². The number of rotatable bonds is 2. The van der Waals surface area contributed by atoms with Crippen LogP contribution >= 0.6 is 23.2 Å². The van der Waals surface area contributed by atoms with Gasteiger partial charge in [0.1, 0.15) is 0 Å². The topological polar surface area (TPSA) is 84.7 Å². The lowest BCUT2D eigenvalue weighted by Gasteiger charge is -2.35. The highest BCUT2D eigenvalue weighted by atomic mass is 35.5. The minimum Gasteiger partial charge on any atom is -0.323 e. The fraction of sp³-hybridized carbons (Fsp3) is 0.529. The zero-order chi connectivity index (χ0) is 19.8. The lowest BCUT2D eigenvalue weighted by atomic mass is 9.90. The molecule has 2 heterocycles. The smallest absolute Gasteiger partial charge is 0.320 e. The Morgan fingerprint density at radius 3 is 2.33 bits per heavy atom. The summed E-state index contributed by atoms with van der Waals surface area (Å²) < 4.78 is 24.6. The molecule has 2 fully saturated rings. The van der Waals surface area contributed by atoms with E-state index in [-0.39, 0.29) is 31.0 Å². The largest absolute Gasteiger partial charge is 0.323 e. The van der Waals surface area contributed by atoms with Crippen LogP contribution in [-0.4, -0.2) is 74.1 Å². The molecule has 2 atom stereocenters. The molecule has 0 radical (unpaired) electrons. The molecule has 27 heavy (non-hydrogen) atoms. The Labute approximate surface area is 169 Å². The molecule has 3 rings (SSSR count). The average molecular weight is 431 g/mol. The number of carbonyl (C=O) groups excluding carboxylic acids is 1. The number of amides is 2. The summed E-state index contributed by atoms with van der Waals surface area (Å²) in [5, 5.41) is 10.4. The van der Waals surface area contributed by atoms with Crippen LogP contribution in [0.25, 0.3) is 0 Å². The van der Waals surface area contributed by atoms with E-state index in [4.69, 9.17) is 23.2 Å². The van der Waals surface area contributed by atoms with Crippen LogP contribution in [0.2, 0.25) is 10.0 Å². The van der Waals surface area contributed by atoms with Gasteiger partial charge in [-0.2, -0.15) is 9.57 Å². The van der Waals surface area contributed by atoms with E-state index in [0.29, 0.717) is 36.2 Å². The molecule has 2 aliphatic rings. The van der Waals surface area contributed by atoms with Gasteiger partial charge in [0.2, 0.25) is 10.0 Å². The Morgan fingerprint density at radius 2 is 1.78 bits per heavy atom. The van der Waals surface area contributed by atoms with Crippen molar-refractivity contribution in [2.45, 2.75) is 5.92 Å². The minimum absolute atomic E-state index is 0.133. The molecule has 1 aromatic rings. The first-order chi connectivity index (χ1) is 12.7. The molecule has 1 aromatic carbocycles. The van der Waals surface area contributed by atoms with Gasteiger partial charge in [0, 0.05) is 45.2 Å². The predicted octanol–water partition coefficient (Wildman–Crippen LogP) is 2.23. The molecule has 2 aliphatic heterocycles. The van der Waals surface area contributed by atoms with Gasteiger partial charge in [-0.15, -0.1) is 0 Å². The van der Waals surface area contributed by atoms with Crippen molar-refractivity contribution in [2.75, 3.05) is 45.5 Å². The number of piperazine rings is 1. The first-order valence-corrected chi connectivity index (χ1v) is 11.1. The number of benzene rings is 1. The fourth-order valence-electron chi connectivity index (χ4n) is 3.58. The van der Waals surface area contributed by atoms with Crippen LogP contribution in [-0.2, 0) is 10.0 Å². The van der Waals surface area contributed by atoms with Gasteiger partial charge >= 0.3 is 6.03 Å². The molecule has 0 bridgehead atoms. The maximum atomic E-state index is 12.8. The van der Waals surface area contributed by atoms with E-state index in [0.717, 1.165) is 5.56 Å². The van der Waals surface area contributed by atoms with Gasteiger partial charge in [-0.1, -0.05) is 29.3 Å². The standard InChI is InChI=1S/C17H20Cl2N4O3S/c1-27(25,26)23-6-4-21(5-7-23)17(24)22-10-13(9-20)14(11-22)12-2-3-15(18)16(19)8-12/h2-3,8,13-14H,4-7,10-11H2,1H3/t13-,14-/m1/s1. The highest BCUT2D eigenvalue weighted by Gasteiger charge is 2.39. The van der Waals surface area contributed by atoms with Gasteiger partial charge in [-0.05, 0) is 17.7 Å². The Hall–Kier alpha value is -1.53. The molecule has 0 unspecified atom stereocenters. The van der Waals surface area contributed by atoms with E-state index in [1.807, 2.05) is 6.07 Å². The summed E-state index contributed by atoms with van der Waals surface area (Å²) in [5.41, 5.74) is 0.883. The van der Waals surface area contributed by atoms with Gasteiger partial charge in [0.15, 0.2) is 0 Å². The van der Waals surface area contributed by atoms with Gasteiger partial charge in [0.25, 0.3) is 0 Å². The number of sulfonamides is 1. The van der Waals surface area contributed by atoms with Crippen molar-refractivity contribution in [1.29, 1.82) is 5.26 Å². The second-order valence-corrected chi connectivity index (χ2v) is 9.65. The van der Waals surface area contributed by atoms with Crippen LogP contribution in [0.5, 0.6) is 0 Å². The van der Waals surface area contributed by atoms with E-state index in [1.165, 1.54) is 10.6 Å². The van der Waals surface area contributed by atoms with Crippen LogP contribution in [0.4, 0.5) is 4.79 Å². The minimum atomic E-state index is -3.24. The van der Waals surface area contributed by atoms with Crippen molar-refractivity contribution in [3.8, 4) is 6.07 Å². The Morgan fingerprint density at radius 1 is 1.11 bits per heavy atom. The number of nitrogens with zero attached hydrogens (tertiary/aromatic N) is 4. The van der Waals surface area contributed by atoms with E-state index >= 15 is 0 Å². The van der Waals surface area contributed by atoms with Crippen molar-refractivity contribution < 1.29 is 13.2 Å². The zero-order valence-corrected chi connectivity index (χ0v) is 17.1. The molecule has 0 aliphatic carbocycles. The molecule has 10 heteroatoms. The van der Waals surface area contributed by atoms with Crippen LogP contribution in [0.1, 0.15) is 11.5 Å². The summed E-state index contributed by atoms with van der Waals surface area (Å²) in [6.07, 6.45) is 1.17. The lowest BCUT2D eigenvalue weighted by Crippen LogP contribution is -2.53. The van der Waals surface area contributed by atoms with E-state index < -0.39 is 10.0 Å². The summed E-state index contributed by atoms with van der Waals surface area (Å²) in [4.78, 5) is 16.2. The molecular weight excluding hydrogens is 411 g/mol. The zero-order valence-electron chi connectivity index (χ0n) is 14.8. The number of urea groups is 1. The lowest BCUT2D eigenvalue weighted by molar-refractivity contribution is 0.141. The first-order valence-electron chi connectivity index (χ1n) is 8.54. The number of halogens is 2. The molecule has 0 saturated carbocycles. The van der Waals surface area contributed by atoms with E-state index in [1.54, 1.807) is 21.9 Å². The molecule has 146 valence electrons. The third kappa shape index (κ3) is 4.32. The van der Waals surface area contributed by atoms with Gasteiger partial charge in [0.05, 0.1) is 28.3 Å². The van der Waals surface area contributed by atoms with Crippen molar-refractivity contribution in [1.82, 2.24) is 14.1 Å². The normalized spacial score (nSPS) is 24.1. The first kappa shape index (κ1) is 20.2. The summed E-state index contributed by atoms with van der Waals surface area (Å²) in [6.45, 7) is 2.02. The Balaban J connectivity index is 1.69. The van der Waals surface area contributed by atoms with Gasteiger partial charge < -0.3 is 9.80 Å². The summed E-state index contributed by atoms with van der Waals surface area (Å²) in [7, 11) is -3.24. The van der Waals surface area contributed by atoms with Crippen LogP contribution in [0, 0.1) is 17.2 Å². The monoisotopic (exact) mass is 430 g/mol. The molecule has 0 spiro atoms. The van der Waals surface area contributed by atoms with Crippen LogP contribution in [0.15, 0.2) is 18.2 Å². The maximum Gasteiger partial charge on any atom is 0.320 e. The maximum absolute atomic E-state index is 12.8. The van der Waals surface area contributed by atoms with Crippen LogP contribution < -0.4 is 0 Å². The molecule has 7 nitrogen and oxygen atoms in total. The third-order valence-corrected chi connectivity index (χ3v) is 7.15. The molecular formula is C17H20Cl2N4O3S. The highest BCUT2D eigenvalue weighted by molar-refractivity contribution is 7.88. The number of hydrogen-bond donors (Lipinski definition) is 0. The number of nitriles is 1. The number of carbonyl (C=O) groups is 1. The Bertz CT molecular complexity index is 879. The van der Waals surface area contributed by atoms with E-state index in [2.05, 4.69) is 6.07 Å². The second kappa shape index (κ2) is 7.84. The SMILES string of the molecule is CS(=O)(=O)N1CCN(C(=O)N2C[C@@H](C#N)[C@@H](c3ccc(Cl)c(Cl)c3)C2)CC1. The molecule has 2 amide bonds. The summed E-state index contributed by atoms with van der Waals surface area (Å²) in [5.74, 6) is -0.463. The van der Waals surface area contributed by atoms with Gasteiger partial charge in [-0.25, -0.2) is 13.2 Å². The number of hydrogen-bond acceptors (Lipinski definition) is 4. The Kier molecular flexibility index (Phi) is 5.87. The van der Waals surface area contributed by atoms with Crippen molar-refractivity contribution in [2.24, 2.45) is 5.92 Å². The molecule has 0 N–H and O–H groups in total. The summed E-state index contributed by atoms with van der Waals surface area (Å²) in [6, 6.07) is 7.40. The third-order valence-electron chi connectivity index (χ3n) is 5.11. The second-order valence-electron chi connectivity index (χ2n) is 6.85. The van der Waals surface area contributed by atoms with Crippen LogP contribution in [0.3, 0.4) is 0 Å². The van der Waals surface area contributed by atoms with Crippen molar-refractivity contribution in [3.63, 3.8) is 0 Å². The van der Waals surface area contributed by atoms with Gasteiger partial charge in [-0.3, -0.25) is 0 Å². The fourth-order valence-corrected chi connectivity index (χ4v) is 4.72. The van der Waals surface area contributed by atoms with E-state index in [9.17, 15) is 18.5 Å². The van der Waals surface area contributed by atoms with Crippen molar-refractivity contribution in [3.05, 3.63) is 33.8 Å².